The summed E-state index contributed by atoms with van der Waals surface area (Å²) in [5, 5.41) is 6.02. The van der Waals surface area contributed by atoms with Gasteiger partial charge in [0.2, 0.25) is 21.9 Å². The first-order chi connectivity index (χ1) is 18.9. The van der Waals surface area contributed by atoms with Crippen LogP contribution in [0.2, 0.25) is 0 Å². The number of aromatic nitrogens is 3. The van der Waals surface area contributed by atoms with Gasteiger partial charge in [0, 0.05) is 42.3 Å². The number of hydrogen-bond acceptors (Lipinski definition) is 10. The lowest BCUT2D eigenvalue weighted by molar-refractivity contribution is -0.115. The third-order valence-electron chi connectivity index (χ3n) is 5.50. The van der Waals surface area contributed by atoms with Gasteiger partial charge in [-0.05, 0) is 35.5 Å². The number of thioether (sulfide) groups is 1. The van der Waals surface area contributed by atoms with Crippen LogP contribution in [0.3, 0.4) is 0 Å². The number of carbonyl (C=O) groups is 2. The molecular formula is C26H22N6O5S2. The second-order valence-corrected chi connectivity index (χ2v) is 11.0. The fourth-order valence-corrected chi connectivity index (χ4v) is 5.65. The molecule has 3 N–H and O–H groups in total. The van der Waals surface area contributed by atoms with Crippen LogP contribution < -0.4 is 20.1 Å². The van der Waals surface area contributed by atoms with Crippen LogP contribution in [0.15, 0.2) is 82.9 Å². The summed E-state index contributed by atoms with van der Waals surface area (Å²) < 4.78 is 34.3. The van der Waals surface area contributed by atoms with E-state index in [1.54, 1.807) is 36.7 Å². The van der Waals surface area contributed by atoms with Crippen LogP contribution in [0.4, 0.5) is 10.7 Å². The summed E-state index contributed by atoms with van der Waals surface area (Å²) in [7, 11) is -3.80. The van der Waals surface area contributed by atoms with E-state index < -0.39 is 21.2 Å². The fraction of sp³-hybridized carbons (Fsp3) is 0.115. The number of pyridine rings is 1. The van der Waals surface area contributed by atoms with Crippen molar-refractivity contribution in [3.05, 3.63) is 89.2 Å². The number of rotatable bonds is 10. The first kappa shape index (κ1) is 26.3. The highest BCUT2D eigenvalue weighted by molar-refractivity contribution is 8.18. The van der Waals surface area contributed by atoms with Crippen LogP contribution >= 0.6 is 11.8 Å². The van der Waals surface area contributed by atoms with Crippen molar-refractivity contribution in [3.63, 3.8) is 0 Å². The van der Waals surface area contributed by atoms with Crippen molar-refractivity contribution >= 4 is 55.7 Å². The van der Waals surface area contributed by atoms with Crippen LogP contribution in [-0.4, -0.2) is 47.6 Å². The van der Waals surface area contributed by atoms with E-state index in [4.69, 9.17) is 4.74 Å². The van der Waals surface area contributed by atoms with Crippen LogP contribution in [0.1, 0.15) is 11.3 Å². The zero-order chi connectivity index (χ0) is 27.2. The summed E-state index contributed by atoms with van der Waals surface area (Å²) in [4.78, 5) is 36.7. The number of imide groups is 1. The van der Waals surface area contributed by atoms with E-state index in [-0.39, 0.29) is 41.3 Å². The van der Waals surface area contributed by atoms with Crippen LogP contribution in [0.25, 0.3) is 16.8 Å². The lowest BCUT2D eigenvalue weighted by Crippen LogP contribution is -2.29. The molecule has 1 saturated heterocycles. The molecule has 0 saturated carbocycles. The Bertz CT molecular complexity index is 1670. The maximum absolute atomic E-state index is 13.0. The molecule has 0 unspecified atom stereocenters. The summed E-state index contributed by atoms with van der Waals surface area (Å²) in [5.41, 5.74) is 1.27. The highest BCUT2D eigenvalue weighted by atomic mass is 32.2. The number of nitrogens with zero attached hydrogens (tertiary/aromatic N) is 3. The number of anilines is 1. The number of ether oxygens (including phenoxy) is 1. The van der Waals surface area contributed by atoms with Gasteiger partial charge >= 0.3 is 0 Å². The maximum Gasteiger partial charge on any atom is 0.290 e. The largest absolute Gasteiger partial charge is 0.473 e. The average Bonchev–Trinajstić information content (AvgIpc) is 3.26. The van der Waals surface area contributed by atoms with Gasteiger partial charge in [0.1, 0.15) is 6.61 Å². The smallest absolute Gasteiger partial charge is 0.290 e. The summed E-state index contributed by atoms with van der Waals surface area (Å²) in [5.74, 6) is -0.107. The Morgan fingerprint density at radius 3 is 2.64 bits per heavy atom. The molecule has 0 radical (unpaired) electrons. The van der Waals surface area contributed by atoms with Gasteiger partial charge in [-0.1, -0.05) is 42.5 Å². The van der Waals surface area contributed by atoms with E-state index in [1.165, 1.54) is 12.1 Å². The molecule has 2 amide bonds. The molecule has 0 aliphatic carbocycles. The van der Waals surface area contributed by atoms with Gasteiger partial charge < -0.3 is 10.1 Å². The summed E-state index contributed by atoms with van der Waals surface area (Å²) in [6.45, 7) is 0.463. The molecular weight excluding hydrogens is 540 g/mol. The minimum absolute atomic E-state index is 0.0471. The van der Waals surface area contributed by atoms with E-state index in [0.29, 0.717) is 11.1 Å². The second-order valence-electron chi connectivity index (χ2n) is 8.26. The van der Waals surface area contributed by atoms with Crippen molar-refractivity contribution in [1.82, 2.24) is 25.0 Å². The summed E-state index contributed by atoms with van der Waals surface area (Å²) in [6.07, 6.45) is 4.62. The molecule has 1 aliphatic rings. The minimum Gasteiger partial charge on any atom is -0.473 e. The summed E-state index contributed by atoms with van der Waals surface area (Å²) in [6, 6.07) is 17.7. The van der Waals surface area contributed by atoms with Crippen molar-refractivity contribution < 1.29 is 22.7 Å². The third kappa shape index (κ3) is 6.57. The fourth-order valence-electron chi connectivity index (χ4n) is 3.72. The van der Waals surface area contributed by atoms with Crippen molar-refractivity contribution in [2.75, 3.05) is 18.4 Å². The SMILES string of the molecule is O=C1NC(=O)/C(=C\c2cc(OCc3ccccc3)nc(NCCNS(=O)(=O)c3cccc4cnccc34)n2)S1. The average molecular weight is 563 g/mol. The van der Waals surface area contributed by atoms with Crippen molar-refractivity contribution in [2.24, 2.45) is 0 Å². The molecule has 0 spiro atoms. The Kier molecular flexibility index (Phi) is 7.81. The van der Waals surface area contributed by atoms with Crippen LogP contribution in [0, 0.1) is 0 Å². The zero-order valence-electron chi connectivity index (χ0n) is 20.3. The van der Waals surface area contributed by atoms with E-state index in [0.717, 1.165) is 22.7 Å². The minimum atomic E-state index is -3.80. The second kappa shape index (κ2) is 11.6. The molecule has 3 heterocycles. The van der Waals surface area contributed by atoms with Gasteiger partial charge in [-0.2, -0.15) is 4.98 Å². The summed E-state index contributed by atoms with van der Waals surface area (Å²) >= 11 is 0.773. The lowest BCUT2D eigenvalue weighted by atomic mass is 10.2. The number of nitrogens with one attached hydrogen (secondary N) is 3. The molecule has 0 atom stereocenters. The van der Waals surface area contributed by atoms with Gasteiger partial charge in [0.05, 0.1) is 15.5 Å². The van der Waals surface area contributed by atoms with Crippen LogP contribution in [0.5, 0.6) is 5.88 Å². The van der Waals surface area contributed by atoms with Gasteiger partial charge in [0.15, 0.2) is 0 Å². The topological polar surface area (TPSA) is 152 Å². The molecule has 13 heteroatoms. The quantitative estimate of drug-likeness (QED) is 0.194. The number of sulfonamides is 1. The maximum atomic E-state index is 13.0. The molecule has 0 bridgehead atoms. The molecule has 1 aliphatic heterocycles. The highest BCUT2D eigenvalue weighted by Gasteiger charge is 2.25. The Labute approximate surface area is 228 Å². The zero-order valence-corrected chi connectivity index (χ0v) is 22.0. The van der Waals surface area contributed by atoms with E-state index in [9.17, 15) is 18.0 Å². The van der Waals surface area contributed by atoms with Gasteiger partial charge in [-0.3, -0.25) is 19.9 Å². The first-order valence-corrected chi connectivity index (χ1v) is 14.0. The van der Waals surface area contributed by atoms with Crippen LogP contribution in [-0.2, 0) is 21.4 Å². The van der Waals surface area contributed by atoms with Crippen molar-refractivity contribution in [3.8, 4) is 5.88 Å². The molecule has 4 aromatic rings. The monoisotopic (exact) mass is 562 g/mol. The number of fused-ring (bicyclic) bond motifs is 1. The lowest BCUT2D eigenvalue weighted by Gasteiger charge is -2.12. The predicted octanol–water partition coefficient (Wildman–Crippen LogP) is 3.32. The molecule has 198 valence electrons. The Morgan fingerprint density at radius 2 is 1.85 bits per heavy atom. The number of amides is 2. The van der Waals surface area contributed by atoms with Gasteiger partial charge in [-0.25, -0.2) is 18.1 Å². The van der Waals surface area contributed by atoms with Crippen molar-refractivity contribution in [2.45, 2.75) is 11.5 Å². The molecule has 11 nitrogen and oxygen atoms in total. The third-order valence-corrected chi connectivity index (χ3v) is 7.83. The van der Waals surface area contributed by atoms with Gasteiger partial charge in [0.25, 0.3) is 11.1 Å². The number of benzene rings is 2. The Morgan fingerprint density at radius 1 is 1.00 bits per heavy atom. The number of hydrogen-bond donors (Lipinski definition) is 3. The van der Waals surface area contributed by atoms with Crippen molar-refractivity contribution in [1.29, 1.82) is 0 Å². The standard InChI is InChI=1S/C26H22N6O5S2/c33-24-21(38-26(34)32-24)13-19-14-23(37-16-17-5-2-1-3-6-17)31-25(30-19)28-11-12-29-39(35,36)22-8-4-7-18-15-27-10-9-20(18)22/h1-10,13-15,29H,11-12,16H2,(H,28,30,31)(H,32,33,34)/b21-13+. The molecule has 5 rings (SSSR count). The molecule has 2 aromatic carbocycles. The number of carbonyl (C=O) groups excluding carboxylic acids is 2. The van der Waals surface area contributed by atoms with Gasteiger partial charge in [-0.15, -0.1) is 0 Å². The highest BCUT2D eigenvalue weighted by Crippen LogP contribution is 2.26. The van der Waals surface area contributed by atoms with E-state index in [1.807, 2.05) is 30.3 Å². The molecule has 1 fully saturated rings. The first-order valence-electron chi connectivity index (χ1n) is 11.7. The van der Waals surface area contributed by atoms with E-state index in [2.05, 4.69) is 30.3 Å². The predicted molar refractivity (Wildman–Crippen MR) is 147 cm³/mol. The molecule has 39 heavy (non-hydrogen) atoms. The normalized spacial score (nSPS) is 14.5. The Hall–Kier alpha value is -4.33. The molecule has 2 aromatic heterocycles. The van der Waals surface area contributed by atoms with E-state index >= 15 is 0 Å². The Balaban J connectivity index is 1.29.